The van der Waals surface area contributed by atoms with Gasteiger partial charge in [-0.2, -0.15) is 9.61 Å². The molecule has 4 heterocycles. The molecule has 8 nitrogen and oxygen atoms in total. The summed E-state index contributed by atoms with van der Waals surface area (Å²) in [7, 11) is 0. The van der Waals surface area contributed by atoms with Crippen LogP contribution in [0.5, 0.6) is 0 Å². The van der Waals surface area contributed by atoms with Crippen molar-refractivity contribution in [2.24, 2.45) is 0 Å². The lowest BCUT2D eigenvalue weighted by Crippen LogP contribution is -2.47. The molecule has 0 unspecified atom stereocenters. The van der Waals surface area contributed by atoms with Crippen molar-refractivity contribution in [2.45, 2.75) is 57.0 Å². The second kappa shape index (κ2) is 9.60. The van der Waals surface area contributed by atoms with Crippen molar-refractivity contribution in [3.05, 3.63) is 60.2 Å². The van der Waals surface area contributed by atoms with E-state index in [-0.39, 0.29) is 6.03 Å². The number of carbonyl (C=O) groups is 1. The quantitative estimate of drug-likeness (QED) is 0.593. The standard InChI is InChI=1S/C25H31N7O/c1-2-19-17-28-32-23(27-16-18-6-5-11-26-15-18)14-22(30-24(19)32)20-9-12-31(13-10-20)25(33)29-21-7-3-4-8-21/h2,5-6,11,14-15,17,20-21,27H,1,3-4,7-10,12-13,16H2,(H,29,33). The Labute approximate surface area is 194 Å². The number of likely N-dealkylation sites (tertiary alicyclic amines) is 1. The van der Waals surface area contributed by atoms with Crippen molar-refractivity contribution in [2.75, 3.05) is 18.4 Å². The maximum atomic E-state index is 12.7. The molecule has 2 aliphatic rings. The Balaban J connectivity index is 1.31. The highest BCUT2D eigenvalue weighted by atomic mass is 16.2. The Hall–Kier alpha value is -3.42. The van der Waals surface area contributed by atoms with E-state index in [1.165, 1.54) is 12.8 Å². The summed E-state index contributed by atoms with van der Waals surface area (Å²) in [6, 6.07) is 6.52. The molecule has 8 heteroatoms. The van der Waals surface area contributed by atoms with Crippen molar-refractivity contribution >= 4 is 23.6 Å². The lowest BCUT2D eigenvalue weighted by molar-refractivity contribution is 0.177. The third kappa shape index (κ3) is 4.69. The maximum absolute atomic E-state index is 12.7. The van der Waals surface area contributed by atoms with E-state index in [2.05, 4.69) is 33.4 Å². The van der Waals surface area contributed by atoms with E-state index in [0.29, 0.717) is 18.5 Å². The molecule has 3 aromatic rings. The van der Waals surface area contributed by atoms with Crippen LogP contribution in [0.4, 0.5) is 10.6 Å². The minimum atomic E-state index is 0.0901. The minimum Gasteiger partial charge on any atom is -0.366 e. The SMILES string of the molecule is C=Cc1cnn2c(NCc3cccnc3)cc(C3CCN(C(=O)NC4CCCC4)CC3)nc12. The van der Waals surface area contributed by atoms with Crippen molar-refractivity contribution in [1.82, 2.24) is 29.8 Å². The number of anilines is 1. The van der Waals surface area contributed by atoms with Gasteiger partial charge in [-0.1, -0.05) is 31.6 Å². The monoisotopic (exact) mass is 445 g/mol. The molecular weight excluding hydrogens is 414 g/mol. The number of aromatic nitrogens is 4. The van der Waals surface area contributed by atoms with E-state index < -0.39 is 0 Å². The topological polar surface area (TPSA) is 87.5 Å². The van der Waals surface area contributed by atoms with Crippen LogP contribution in [0.1, 0.15) is 61.3 Å². The van der Waals surface area contributed by atoms with Gasteiger partial charge >= 0.3 is 6.03 Å². The first-order chi connectivity index (χ1) is 16.2. The van der Waals surface area contributed by atoms with Crippen molar-refractivity contribution in [1.29, 1.82) is 0 Å². The Bertz CT molecular complexity index is 1110. The number of urea groups is 1. The number of pyridine rings is 1. The summed E-state index contributed by atoms with van der Waals surface area (Å²) in [4.78, 5) is 23.8. The zero-order valence-electron chi connectivity index (χ0n) is 18.9. The van der Waals surface area contributed by atoms with Gasteiger partial charge in [-0.05, 0) is 37.3 Å². The van der Waals surface area contributed by atoms with Gasteiger partial charge in [0.1, 0.15) is 5.82 Å². The molecule has 5 rings (SSSR count). The molecule has 0 atom stereocenters. The number of piperidine rings is 1. The van der Waals surface area contributed by atoms with E-state index in [1.807, 2.05) is 27.7 Å². The number of hydrogen-bond donors (Lipinski definition) is 2. The second-order valence-corrected chi connectivity index (χ2v) is 9.01. The molecule has 1 saturated carbocycles. The summed E-state index contributed by atoms with van der Waals surface area (Å²) < 4.78 is 1.83. The van der Waals surface area contributed by atoms with E-state index >= 15 is 0 Å². The van der Waals surface area contributed by atoms with Gasteiger partial charge in [0.05, 0.1) is 6.20 Å². The maximum Gasteiger partial charge on any atom is 0.317 e. The van der Waals surface area contributed by atoms with E-state index in [0.717, 1.165) is 67.1 Å². The van der Waals surface area contributed by atoms with Gasteiger partial charge in [0.25, 0.3) is 0 Å². The van der Waals surface area contributed by atoms with Crippen LogP contribution in [0.3, 0.4) is 0 Å². The fourth-order valence-corrected chi connectivity index (χ4v) is 4.89. The molecule has 1 saturated heterocycles. The zero-order valence-corrected chi connectivity index (χ0v) is 18.9. The van der Waals surface area contributed by atoms with Gasteiger partial charge < -0.3 is 15.5 Å². The minimum absolute atomic E-state index is 0.0901. The number of nitrogens with one attached hydrogen (secondary N) is 2. The van der Waals surface area contributed by atoms with Crippen LogP contribution in [0, 0.1) is 0 Å². The summed E-state index contributed by atoms with van der Waals surface area (Å²) in [5.41, 5.74) is 3.85. The predicted molar refractivity (Wildman–Crippen MR) is 129 cm³/mol. The Morgan fingerprint density at radius 3 is 2.73 bits per heavy atom. The fourth-order valence-electron chi connectivity index (χ4n) is 4.89. The summed E-state index contributed by atoms with van der Waals surface area (Å²) in [5, 5.41) is 11.2. The van der Waals surface area contributed by atoms with Crippen LogP contribution in [-0.2, 0) is 6.54 Å². The van der Waals surface area contributed by atoms with Gasteiger partial charge in [-0.25, -0.2) is 9.78 Å². The number of nitrogens with zero attached hydrogens (tertiary/aromatic N) is 5. The smallest absolute Gasteiger partial charge is 0.317 e. The van der Waals surface area contributed by atoms with Gasteiger partial charge in [0, 0.05) is 61.3 Å². The average Bonchev–Trinajstić information content (AvgIpc) is 3.53. The summed E-state index contributed by atoms with van der Waals surface area (Å²) in [6.45, 7) is 6.07. The molecule has 0 aromatic carbocycles. The number of fused-ring (bicyclic) bond motifs is 1. The molecule has 3 aromatic heterocycles. The largest absolute Gasteiger partial charge is 0.366 e. The molecule has 1 aliphatic carbocycles. The van der Waals surface area contributed by atoms with Crippen LogP contribution in [-0.4, -0.2) is 49.6 Å². The average molecular weight is 446 g/mol. The molecule has 0 bridgehead atoms. The zero-order chi connectivity index (χ0) is 22.6. The van der Waals surface area contributed by atoms with Crippen molar-refractivity contribution in [3.63, 3.8) is 0 Å². The molecule has 2 amide bonds. The highest BCUT2D eigenvalue weighted by Crippen LogP contribution is 2.30. The predicted octanol–water partition coefficient (Wildman–Crippen LogP) is 4.21. The Kier molecular flexibility index (Phi) is 6.24. The fraction of sp³-hybridized carbons (Fsp3) is 0.440. The van der Waals surface area contributed by atoms with Crippen LogP contribution >= 0.6 is 0 Å². The van der Waals surface area contributed by atoms with Gasteiger partial charge in [-0.15, -0.1) is 0 Å². The number of rotatable bonds is 6. The summed E-state index contributed by atoms with van der Waals surface area (Å²) >= 11 is 0. The molecule has 0 radical (unpaired) electrons. The van der Waals surface area contributed by atoms with Crippen LogP contribution < -0.4 is 10.6 Å². The number of hydrogen-bond acceptors (Lipinski definition) is 5. The summed E-state index contributed by atoms with van der Waals surface area (Å²) in [6.07, 6.45) is 13.7. The molecule has 2 N–H and O–H groups in total. The molecule has 172 valence electrons. The molecule has 33 heavy (non-hydrogen) atoms. The Morgan fingerprint density at radius 1 is 1.18 bits per heavy atom. The van der Waals surface area contributed by atoms with Crippen molar-refractivity contribution in [3.8, 4) is 0 Å². The second-order valence-electron chi connectivity index (χ2n) is 9.01. The summed E-state index contributed by atoms with van der Waals surface area (Å²) in [5.74, 6) is 1.20. The van der Waals surface area contributed by atoms with E-state index in [4.69, 9.17) is 4.98 Å². The normalized spacial score (nSPS) is 17.4. The van der Waals surface area contributed by atoms with Gasteiger partial charge in [0.2, 0.25) is 0 Å². The highest BCUT2D eigenvalue weighted by molar-refractivity contribution is 5.74. The first-order valence-corrected chi connectivity index (χ1v) is 11.9. The van der Waals surface area contributed by atoms with Crippen LogP contribution in [0.25, 0.3) is 11.7 Å². The third-order valence-electron chi connectivity index (χ3n) is 6.82. The number of carbonyl (C=O) groups excluding carboxylic acids is 1. The Morgan fingerprint density at radius 2 is 2.00 bits per heavy atom. The van der Waals surface area contributed by atoms with Crippen LogP contribution in [0.15, 0.2) is 43.4 Å². The molecular formula is C25H31N7O. The lowest BCUT2D eigenvalue weighted by Gasteiger charge is -2.32. The first-order valence-electron chi connectivity index (χ1n) is 11.9. The van der Waals surface area contributed by atoms with E-state index in [1.54, 1.807) is 18.5 Å². The van der Waals surface area contributed by atoms with E-state index in [9.17, 15) is 4.79 Å². The number of amides is 2. The molecule has 2 fully saturated rings. The van der Waals surface area contributed by atoms with Crippen LogP contribution in [0.2, 0.25) is 0 Å². The molecule has 0 spiro atoms. The van der Waals surface area contributed by atoms with Gasteiger partial charge in [-0.3, -0.25) is 4.98 Å². The lowest BCUT2D eigenvalue weighted by atomic mass is 9.93. The molecule has 1 aliphatic heterocycles. The first kappa shape index (κ1) is 21.4. The van der Waals surface area contributed by atoms with Crippen molar-refractivity contribution < 1.29 is 4.79 Å². The third-order valence-corrected chi connectivity index (χ3v) is 6.82. The highest BCUT2D eigenvalue weighted by Gasteiger charge is 2.27. The van der Waals surface area contributed by atoms with Gasteiger partial charge in [0.15, 0.2) is 5.65 Å².